The van der Waals surface area contributed by atoms with Crippen LogP contribution in [-0.4, -0.2) is 30.3 Å². The highest BCUT2D eigenvalue weighted by Gasteiger charge is 2.22. The quantitative estimate of drug-likeness (QED) is 0.488. The number of esters is 1. The maximum atomic E-state index is 11.0. The monoisotopic (exact) mass is 183 g/mol. The number of hydrogen-bond donors (Lipinski definition) is 1. The molecule has 5 nitrogen and oxygen atoms in total. The Balaban J connectivity index is 2.84. The number of ether oxygens (including phenoxy) is 1. The van der Waals surface area contributed by atoms with Crippen molar-refractivity contribution in [2.75, 3.05) is 7.11 Å². The molecular formula is C8H9NO4. The molecule has 5 heteroatoms. The molecule has 0 heterocycles. The summed E-state index contributed by atoms with van der Waals surface area (Å²) in [7, 11) is 1.24. The number of nitroso groups, excluding NO2 is 1. The second kappa shape index (κ2) is 3.95. The molecule has 0 fully saturated rings. The summed E-state index contributed by atoms with van der Waals surface area (Å²) < 4.78 is 4.43. The summed E-state index contributed by atoms with van der Waals surface area (Å²) in [5, 5.41) is 11.8. The summed E-state index contributed by atoms with van der Waals surface area (Å²) in [6.07, 6.45) is 3.06. The average Bonchev–Trinajstić information content (AvgIpc) is 2.17. The van der Waals surface area contributed by atoms with Gasteiger partial charge in [-0.1, -0.05) is 11.3 Å². The molecule has 1 rings (SSSR count). The van der Waals surface area contributed by atoms with E-state index in [2.05, 4.69) is 9.91 Å². The molecule has 0 spiro atoms. The van der Waals surface area contributed by atoms with Crippen LogP contribution in [0.1, 0.15) is 0 Å². The van der Waals surface area contributed by atoms with Gasteiger partial charge in [-0.3, -0.25) is 0 Å². The molecular weight excluding hydrogens is 174 g/mol. The smallest absolute Gasteiger partial charge is 0.337 e. The number of hydrogen-bond acceptors (Lipinski definition) is 5. The number of carbonyl (C=O) groups is 1. The predicted octanol–water partition coefficient (Wildman–Crippen LogP) is 0.151. The molecule has 0 radical (unpaired) electrons. The fourth-order valence-corrected chi connectivity index (χ4v) is 1.00. The Morgan fingerprint density at radius 3 is 2.92 bits per heavy atom. The Kier molecular flexibility index (Phi) is 2.92. The van der Waals surface area contributed by atoms with Gasteiger partial charge in [-0.15, -0.1) is 0 Å². The second-order valence-corrected chi connectivity index (χ2v) is 2.56. The Hall–Kier alpha value is -1.49. The average molecular weight is 183 g/mol. The van der Waals surface area contributed by atoms with Crippen LogP contribution in [0.3, 0.4) is 0 Å². The minimum Gasteiger partial charge on any atom is -0.465 e. The number of nitrogens with zero attached hydrogens (tertiary/aromatic N) is 1. The molecule has 1 N–H and O–H groups in total. The van der Waals surface area contributed by atoms with Gasteiger partial charge < -0.3 is 9.84 Å². The predicted molar refractivity (Wildman–Crippen MR) is 44.8 cm³/mol. The third-order valence-electron chi connectivity index (χ3n) is 1.72. The van der Waals surface area contributed by atoms with E-state index in [1.54, 1.807) is 0 Å². The zero-order valence-electron chi connectivity index (χ0n) is 7.01. The normalized spacial score (nSPS) is 26.5. The van der Waals surface area contributed by atoms with E-state index >= 15 is 0 Å². The third-order valence-corrected chi connectivity index (χ3v) is 1.72. The summed E-state index contributed by atoms with van der Waals surface area (Å²) in [6, 6.07) is -0.904. The molecule has 2 atom stereocenters. The van der Waals surface area contributed by atoms with E-state index in [1.165, 1.54) is 25.3 Å². The first kappa shape index (κ1) is 9.60. The Labute approximate surface area is 74.7 Å². The van der Waals surface area contributed by atoms with Gasteiger partial charge in [0.25, 0.3) is 0 Å². The van der Waals surface area contributed by atoms with Crippen molar-refractivity contribution in [2.45, 2.75) is 12.1 Å². The van der Waals surface area contributed by atoms with Crippen molar-refractivity contribution >= 4 is 5.97 Å². The minimum absolute atomic E-state index is 0.234. The zero-order valence-corrected chi connectivity index (χ0v) is 7.01. The molecule has 0 aromatic heterocycles. The van der Waals surface area contributed by atoms with Gasteiger partial charge in [-0.25, -0.2) is 4.79 Å². The largest absolute Gasteiger partial charge is 0.465 e. The Morgan fingerprint density at radius 1 is 1.69 bits per heavy atom. The maximum absolute atomic E-state index is 11.0. The van der Waals surface area contributed by atoms with Crippen LogP contribution in [0.15, 0.2) is 29.0 Å². The molecule has 13 heavy (non-hydrogen) atoms. The molecule has 0 aromatic carbocycles. The van der Waals surface area contributed by atoms with E-state index in [0.29, 0.717) is 0 Å². The third kappa shape index (κ3) is 2.00. The molecule has 0 bridgehead atoms. The summed E-state index contributed by atoms with van der Waals surface area (Å²) in [5.41, 5.74) is 0.234. The lowest BCUT2D eigenvalue weighted by Gasteiger charge is -2.14. The van der Waals surface area contributed by atoms with E-state index in [0.717, 1.165) is 0 Å². The lowest BCUT2D eigenvalue weighted by atomic mass is 10.0. The van der Waals surface area contributed by atoms with Crippen molar-refractivity contribution in [1.29, 1.82) is 0 Å². The van der Waals surface area contributed by atoms with Crippen LogP contribution in [0.5, 0.6) is 0 Å². The molecule has 2 unspecified atom stereocenters. The SMILES string of the molecule is COC(=O)C1=CC(N=O)C(O)C=C1. The number of carbonyl (C=O) groups excluding carboxylic acids is 1. The van der Waals surface area contributed by atoms with Crippen molar-refractivity contribution in [3.8, 4) is 0 Å². The second-order valence-electron chi connectivity index (χ2n) is 2.56. The van der Waals surface area contributed by atoms with Crippen LogP contribution in [0.4, 0.5) is 0 Å². The van der Waals surface area contributed by atoms with Crippen molar-refractivity contribution in [1.82, 2.24) is 0 Å². The minimum atomic E-state index is -0.953. The standard InChI is InChI=1S/C8H9NO4/c1-13-8(11)5-2-3-7(10)6(4-5)9-12/h2-4,6-7,10H,1H3. The van der Waals surface area contributed by atoms with Gasteiger partial charge in [0.1, 0.15) is 12.1 Å². The van der Waals surface area contributed by atoms with Gasteiger partial charge in [0, 0.05) is 0 Å². The summed E-state index contributed by atoms with van der Waals surface area (Å²) in [4.78, 5) is 21.2. The highest BCUT2D eigenvalue weighted by Crippen LogP contribution is 2.14. The van der Waals surface area contributed by atoms with Crippen LogP contribution in [0.25, 0.3) is 0 Å². The van der Waals surface area contributed by atoms with E-state index in [4.69, 9.17) is 5.11 Å². The van der Waals surface area contributed by atoms with Crippen LogP contribution < -0.4 is 0 Å². The molecule has 1 aliphatic rings. The van der Waals surface area contributed by atoms with Crippen molar-refractivity contribution in [3.05, 3.63) is 28.7 Å². The Bertz CT molecular complexity index is 282. The molecule has 0 saturated carbocycles. The maximum Gasteiger partial charge on any atom is 0.337 e. The lowest BCUT2D eigenvalue weighted by molar-refractivity contribution is -0.135. The van der Waals surface area contributed by atoms with Crippen LogP contribution in [0.2, 0.25) is 0 Å². The van der Waals surface area contributed by atoms with Gasteiger partial charge in [-0.2, -0.15) is 4.91 Å². The highest BCUT2D eigenvalue weighted by atomic mass is 16.5. The zero-order chi connectivity index (χ0) is 9.84. The lowest BCUT2D eigenvalue weighted by Crippen LogP contribution is -2.24. The van der Waals surface area contributed by atoms with E-state index in [9.17, 15) is 9.70 Å². The number of rotatable bonds is 2. The number of methoxy groups -OCH3 is 1. The first-order valence-corrected chi connectivity index (χ1v) is 3.68. The summed E-state index contributed by atoms with van der Waals surface area (Å²) >= 11 is 0. The van der Waals surface area contributed by atoms with Crippen molar-refractivity contribution in [3.63, 3.8) is 0 Å². The highest BCUT2D eigenvalue weighted by molar-refractivity contribution is 5.91. The molecule has 70 valence electrons. The number of aliphatic hydroxyl groups is 1. The molecule has 0 aliphatic heterocycles. The van der Waals surface area contributed by atoms with E-state index in [1.807, 2.05) is 0 Å². The summed E-state index contributed by atoms with van der Waals surface area (Å²) in [6.45, 7) is 0. The Morgan fingerprint density at radius 2 is 2.38 bits per heavy atom. The van der Waals surface area contributed by atoms with Crippen LogP contribution in [-0.2, 0) is 9.53 Å². The van der Waals surface area contributed by atoms with Gasteiger partial charge in [0.15, 0.2) is 0 Å². The van der Waals surface area contributed by atoms with Crippen molar-refractivity contribution in [2.24, 2.45) is 5.18 Å². The van der Waals surface area contributed by atoms with Crippen LogP contribution in [0, 0.1) is 4.91 Å². The molecule has 1 aliphatic carbocycles. The van der Waals surface area contributed by atoms with Crippen LogP contribution >= 0.6 is 0 Å². The first-order chi connectivity index (χ1) is 6.19. The molecule has 0 amide bonds. The first-order valence-electron chi connectivity index (χ1n) is 3.68. The summed E-state index contributed by atoms with van der Waals surface area (Å²) in [5.74, 6) is -0.545. The van der Waals surface area contributed by atoms with Gasteiger partial charge in [0.05, 0.1) is 12.7 Å². The molecule has 0 saturated heterocycles. The fraction of sp³-hybridized carbons (Fsp3) is 0.375. The van der Waals surface area contributed by atoms with Gasteiger partial charge >= 0.3 is 5.97 Å². The van der Waals surface area contributed by atoms with Crippen molar-refractivity contribution < 1.29 is 14.6 Å². The van der Waals surface area contributed by atoms with Gasteiger partial charge in [-0.05, 0) is 12.2 Å². The van der Waals surface area contributed by atoms with Gasteiger partial charge in [0.2, 0.25) is 0 Å². The van der Waals surface area contributed by atoms with E-state index < -0.39 is 18.1 Å². The fourth-order valence-electron chi connectivity index (χ4n) is 1.00. The number of aliphatic hydroxyl groups excluding tert-OH is 1. The topological polar surface area (TPSA) is 76.0 Å². The van der Waals surface area contributed by atoms with E-state index in [-0.39, 0.29) is 5.57 Å². The molecule has 0 aromatic rings.